The molecule has 24 heavy (non-hydrogen) atoms. The van der Waals surface area contributed by atoms with Crippen LogP contribution in [0.25, 0.3) is 0 Å². The minimum atomic E-state index is -0.402. The van der Waals surface area contributed by atoms with Crippen molar-refractivity contribution in [2.24, 2.45) is 0 Å². The molecule has 0 fully saturated rings. The summed E-state index contributed by atoms with van der Waals surface area (Å²) in [5.41, 5.74) is 2.00. The average molecular weight is 326 g/mol. The Kier molecular flexibility index (Phi) is 5.07. The number of esters is 1. The molecule has 0 saturated heterocycles. The van der Waals surface area contributed by atoms with E-state index in [4.69, 9.17) is 4.74 Å². The van der Waals surface area contributed by atoms with E-state index in [9.17, 15) is 9.59 Å². The number of benzene rings is 2. The molecule has 0 aliphatic heterocycles. The molecular formula is C20H22O4. The third-order valence-electron chi connectivity index (χ3n) is 3.73. The molecule has 0 saturated carbocycles. The molecule has 0 aliphatic carbocycles. The molecule has 0 spiro atoms. The zero-order valence-electron chi connectivity index (χ0n) is 14.7. The summed E-state index contributed by atoms with van der Waals surface area (Å²) in [6, 6.07) is 12.3. The lowest BCUT2D eigenvalue weighted by Crippen LogP contribution is -2.12. The molecule has 126 valence electrons. The van der Waals surface area contributed by atoms with Crippen LogP contribution in [0.15, 0.2) is 42.5 Å². The second-order valence-corrected chi connectivity index (χ2v) is 6.64. The van der Waals surface area contributed by atoms with Gasteiger partial charge in [-0.25, -0.2) is 4.79 Å². The number of hydrogen-bond acceptors (Lipinski definition) is 4. The van der Waals surface area contributed by atoms with Crippen molar-refractivity contribution in [3.63, 3.8) is 0 Å². The fourth-order valence-electron chi connectivity index (χ4n) is 2.27. The van der Waals surface area contributed by atoms with Crippen LogP contribution in [0, 0.1) is 0 Å². The van der Waals surface area contributed by atoms with E-state index in [1.807, 2.05) is 12.1 Å². The first-order valence-corrected chi connectivity index (χ1v) is 7.74. The summed E-state index contributed by atoms with van der Waals surface area (Å²) in [5.74, 6) is 0.606. The number of carbonyl (C=O) groups excluding carboxylic acids is 2. The van der Waals surface area contributed by atoms with E-state index in [0.29, 0.717) is 22.6 Å². The Balaban J connectivity index is 2.36. The molecule has 2 aromatic rings. The number of carbonyl (C=O) groups is 2. The van der Waals surface area contributed by atoms with Crippen molar-refractivity contribution in [3.8, 4) is 11.5 Å². The Morgan fingerprint density at radius 2 is 1.58 bits per heavy atom. The van der Waals surface area contributed by atoms with Crippen molar-refractivity contribution >= 4 is 11.8 Å². The van der Waals surface area contributed by atoms with Crippen molar-refractivity contribution in [1.29, 1.82) is 0 Å². The molecule has 0 unspecified atom stereocenters. The highest BCUT2D eigenvalue weighted by molar-refractivity contribution is 5.97. The van der Waals surface area contributed by atoms with Crippen LogP contribution < -0.4 is 4.74 Å². The Morgan fingerprint density at radius 3 is 2.08 bits per heavy atom. The lowest BCUT2D eigenvalue weighted by atomic mass is 9.86. The molecule has 0 radical (unpaired) electrons. The van der Waals surface area contributed by atoms with Gasteiger partial charge >= 0.3 is 5.97 Å². The number of methoxy groups -OCH3 is 1. The summed E-state index contributed by atoms with van der Waals surface area (Å²) in [6.45, 7) is 7.82. The Labute approximate surface area is 142 Å². The van der Waals surface area contributed by atoms with Gasteiger partial charge in [-0.05, 0) is 54.3 Å². The largest absolute Gasteiger partial charge is 0.465 e. The van der Waals surface area contributed by atoms with E-state index in [1.54, 1.807) is 30.3 Å². The lowest BCUT2D eigenvalue weighted by molar-refractivity contribution is 0.0600. The second-order valence-electron chi connectivity index (χ2n) is 6.64. The summed E-state index contributed by atoms with van der Waals surface area (Å²) in [6.07, 6.45) is 0. The molecule has 4 heteroatoms. The zero-order chi connectivity index (χ0) is 17.9. The molecule has 0 atom stereocenters. The molecule has 0 aliphatic rings. The predicted molar refractivity (Wildman–Crippen MR) is 93.0 cm³/mol. The van der Waals surface area contributed by atoms with E-state index in [2.05, 4.69) is 25.5 Å². The van der Waals surface area contributed by atoms with E-state index in [1.165, 1.54) is 14.0 Å². The number of ether oxygens (including phenoxy) is 2. The number of Topliss-reactive ketones (excluding diaryl/α,β-unsaturated/α-hetero) is 1. The van der Waals surface area contributed by atoms with Crippen LogP contribution in [-0.4, -0.2) is 18.9 Å². The summed E-state index contributed by atoms with van der Waals surface area (Å²) >= 11 is 0. The highest BCUT2D eigenvalue weighted by Crippen LogP contribution is 2.32. The normalized spacial score (nSPS) is 11.0. The molecule has 0 bridgehead atoms. The minimum absolute atomic E-state index is 0.0534. The highest BCUT2D eigenvalue weighted by atomic mass is 16.5. The van der Waals surface area contributed by atoms with Gasteiger partial charge < -0.3 is 9.47 Å². The Hall–Kier alpha value is -2.62. The zero-order valence-corrected chi connectivity index (χ0v) is 14.7. The maximum absolute atomic E-state index is 11.9. The quantitative estimate of drug-likeness (QED) is 0.600. The van der Waals surface area contributed by atoms with Crippen LogP contribution >= 0.6 is 0 Å². The van der Waals surface area contributed by atoms with Crippen LogP contribution in [0.4, 0.5) is 0 Å². The fourth-order valence-corrected chi connectivity index (χ4v) is 2.27. The summed E-state index contributed by atoms with van der Waals surface area (Å²) in [7, 11) is 1.34. The van der Waals surface area contributed by atoms with Crippen molar-refractivity contribution in [2.45, 2.75) is 33.1 Å². The molecular weight excluding hydrogens is 304 g/mol. The second kappa shape index (κ2) is 6.87. The topological polar surface area (TPSA) is 52.6 Å². The highest BCUT2D eigenvalue weighted by Gasteiger charge is 2.18. The van der Waals surface area contributed by atoms with Gasteiger partial charge in [0.15, 0.2) is 5.78 Å². The van der Waals surface area contributed by atoms with Gasteiger partial charge in [0.1, 0.15) is 11.5 Å². The lowest BCUT2D eigenvalue weighted by Gasteiger charge is -2.21. The van der Waals surface area contributed by atoms with Gasteiger partial charge in [-0.15, -0.1) is 0 Å². The molecule has 4 nitrogen and oxygen atoms in total. The van der Waals surface area contributed by atoms with Crippen LogP contribution in [0.5, 0.6) is 11.5 Å². The summed E-state index contributed by atoms with van der Waals surface area (Å²) in [5, 5.41) is 0. The van der Waals surface area contributed by atoms with Gasteiger partial charge in [0.25, 0.3) is 0 Å². The van der Waals surface area contributed by atoms with E-state index >= 15 is 0 Å². The molecule has 0 heterocycles. The Bertz CT molecular complexity index is 752. The van der Waals surface area contributed by atoms with E-state index in [0.717, 1.165) is 5.56 Å². The van der Waals surface area contributed by atoms with Crippen LogP contribution in [0.2, 0.25) is 0 Å². The number of ketones is 1. The SMILES string of the molecule is COC(=O)c1ccc(Oc2cc(C(C)(C)C)ccc2C(C)=O)cc1. The van der Waals surface area contributed by atoms with Crippen LogP contribution in [0.1, 0.15) is 54.0 Å². The third kappa shape index (κ3) is 4.02. The van der Waals surface area contributed by atoms with Crippen molar-refractivity contribution < 1.29 is 19.1 Å². The van der Waals surface area contributed by atoms with Gasteiger partial charge in [-0.2, -0.15) is 0 Å². The first kappa shape index (κ1) is 17.7. The molecule has 0 N–H and O–H groups in total. The average Bonchev–Trinajstić information content (AvgIpc) is 2.53. The number of hydrogen-bond donors (Lipinski definition) is 0. The van der Waals surface area contributed by atoms with Crippen molar-refractivity contribution in [3.05, 3.63) is 59.2 Å². The van der Waals surface area contributed by atoms with Gasteiger partial charge in [0.2, 0.25) is 0 Å². The predicted octanol–water partition coefficient (Wildman–Crippen LogP) is 4.77. The molecule has 2 rings (SSSR count). The Morgan fingerprint density at radius 1 is 0.958 bits per heavy atom. The van der Waals surface area contributed by atoms with Crippen molar-refractivity contribution in [2.75, 3.05) is 7.11 Å². The molecule has 0 amide bonds. The van der Waals surface area contributed by atoms with Crippen molar-refractivity contribution in [1.82, 2.24) is 0 Å². The van der Waals surface area contributed by atoms with Gasteiger partial charge in [-0.3, -0.25) is 4.79 Å². The first-order valence-electron chi connectivity index (χ1n) is 7.74. The molecule has 0 aromatic heterocycles. The minimum Gasteiger partial charge on any atom is -0.465 e. The monoisotopic (exact) mass is 326 g/mol. The summed E-state index contributed by atoms with van der Waals surface area (Å²) in [4.78, 5) is 23.3. The maximum atomic E-state index is 11.9. The standard InChI is InChI=1S/C20H22O4/c1-13(21)17-11-8-15(20(2,3)4)12-18(17)24-16-9-6-14(7-10-16)19(22)23-5/h6-12H,1-5H3. The van der Waals surface area contributed by atoms with E-state index in [-0.39, 0.29) is 11.2 Å². The van der Waals surface area contributed by atoms with Crippen LogP contribution in [-0.2, 0) is 10.2 Å². The first-order chi connectivity index (χ1) is 11.2. The fraction of sp³-hybridized carbons (Fsp3) is 0.300. The smallest absolute Gasteiger partial charge is 0.337 e. The van der Waals surface area contributed by atoms with Gasteiger partial charge in [0, 0.05) is 0 Å². The number of rotatable bonds is 4. The maximum Gasteiger partial charge on any atom is 0.337 e. The molecule has 2 aromatic carbocycles. The van der Waals surface area contributed by atoms with Gasteiger partial charge in [0.05, 0.1) is 18.2 Å². The third-order valence-corrected chi connectivity index (χ3v) is 3.73. The van der Waals surface area contributed by atoms with Crippen LogP contribution in [0.3, 0.4) is 0 Å². The van der Waals surface area contributed by atoms with E-state index < -0.39 is 5.97 Å². The van der Waals surface area contributed by atoms with Gasteiger partial charge in [-0.1, -0.05) is 26.8 Å². The summed E-state index contributed by atoms with van der Waals surface area (Å²) < 4.78 is 10.6.